The number of aromatic nitrogens is 2. The zero-order chi connectivity index (χ0) is 9.84. The van der Waals surface area contributed by atoms with Crippen LogP contribution in [0.1, 0.15) is 0 Å². The van der Waals surface area contributed by atoms with Crippen LogP contribution in [0.3, 0.4) is 0 Å². The van der Waals surface area contributed by atoms with Crippen molar-refractivity contribution in [1.82, 2.24) is 14.9 Å². The molecule has 6 heteroatoms. The zero-order valence-electron chi connectivity index (χ0n) is 7.03. The van der Waals surface area contributed by atoms with Crippen LogP contribution in [0.15, 0.2) is 17.1 Å². The van der Waals surface area contributed by atoms with E-state index in [0.29, 0.717) is 0 Å². The molecule has 0 aliphatic rings. The third-order valence-electron chi connectivity index (χ3n) is 1.49. The highest BCUT2D eigenvalue weighted by molar-refractivity contribution is 7.71. The number of H-pyrrole nitrogens is 1. The summed E-state index contributed by atoms with van der Waals surface area (Å²) >= 11 is 4.83. The second-order valence-electron chi connectivity index (χ2n) is 2.41. The van der Waals surface area contributed by atoms with Gasteiger partial charge >= 0.3 is 0 Å². The standard InChI is InChI=1S/C7H9N3O2S/c1-8-6(12)4-10-3-2-5(11)9-7(10)13/h2-3H,4H2,1H3,(H,8,12)(H,9,11,13). The van der Waals surface area contributed by atoms with Crippen LogP contribution < -0.4 is 10.9 Å². The highest BCUT2D eigenvalue weighted by Gasteiger charge is 1.99. The minimum absolute atomic E-state index is 0.117. The van der Waals surface area contributed by atoms with E-state index in [2.05, 4.69) is 10.3 Å². The van der Waals surface area contributed by atoms with Gasteiger partial charge in [-0.15, -0.1) is 0 Å². The van der Waals surface area contributed by atoms with Crippen molar-refractivity contribution in [3.8, 4) is 0 Å². The molecule has 0 unspecified atom stereocenters. The highest BCUT2D eigenvalue weighted by atomic mass is 32.1. The van der Waals surface area contributed by atoms with Gasteiger partial charge in [0, 0.05) is 19.3 Å². The van der Waals surface area contributed by atoms with Crippen molar-refractivity contribution in [2.24, 2.45) is 0 Å². The van der Waals surface area contributed by atoms with Gasteiger partial charge in [0.25, 0.3) is 5.56 Å². The molecule has 0 spiro atoms. The van der Waals surface area contributed by atoms with E-state index in [-0.39, 0.29) is 22.8 Å². The van der Waals surface area contributed by atoms with Crippen molar-refractivity contribution in [3.05, 3.63) is 27.4 Å². The Hall–Kier alpha value is -1.43. The Kier molecular flexibility index (Phi) is 2.97. The van der Waals surface area contributed by atoms with Gasteiger partial charge in [-0.25, -0.2) is 0 Å². The Bertz CT molecular complexity index is 420. The second-order valence-corrected chi connectivity index (χ2v) is 2.80. The second kappa shape index (κ2) is 3.99. The first-order valence-corrected chi connectivity index (χ1v) is 4.04. The minimum atomic E-state index is -0.266. The van der Waals surface area contributed by atoms with Gasteiger partial charge < -0.3 is 9.88 Å². The van der Waals surface area contributed by atoms with Gasteiger partial charge in [0.05, 0.1) is 0 Å². The Balaban J connectivity index is 2.97. The molecule has 1 aromatic rings. The maximum Gasteiger partial charge on any atom is 0.251 e. The van der Waals surface area contributed by atoms with E-state index in [9.17, 15) is 9.59 Å². The summed E-state index contributed by atoms with van der Waals surface area (Å²) in [6, 6.07) is 1.32. The van der Waals surface area contributed by atoms with Gasteiger partial charge in [0.1, 0.15) is 6.54 Å². The number of carbonyl (C=O) groups excluding carboxylic acids is 1. The molecule has 0 bridgehead atoms. The fraction of sp³-hybridized carbons (Fsp3) is 0.286. The fourth-order valence-corrected chi connectivity index (χ4v) is 1.03. The Labute approximate surface area is 79.4 Å². The number of nitrogens with one attached hydrogen (secondary N) is 2. The van der Waals surface area contributed by atoms with Gasteiger partial charge in [-0.1, -0.05) is 0 Å². The molecule has 2 N–H and O–H groups in total. The van der Waals surface area contributed by atoms with Crippen LogP contribution in [0.4, 0.5) is 0 Å². The first kappa shape index (κ1) is 9.66. The molecule has 0 aliphatic heterocycles. The number of hydrogen-bond acceptors (Lipinski definition) is 3. The topological polar surface area (TPSA) is 66.9 Å². The monoisotopic (exact) mass is 199 g/mol. The predicted octanol–water partition coefficient (Wildman–Crippen LogP) is -0.348. The molecule has 1 heterocycles. The van der Waals surface area contributed by atoms with Gasteiger partial charge in [-0.2, -0.15) is 0 Å². The number of amides is 1. The van der Waals surface area contributed by atoms with E-state index in [1.807, 2.05) is 0 Å². The summed E-state index contributed by atoms with van der Waals surface area (Å²) in [5, 5.41) is 2.46. The van der Waals surface area contributed by atoms with E-state index in [0.717, 1.165) is 0 Å². The summed E-state index contributed by atoms with van der Waals surface area (Å²) in [5.74, 6) is -0.164. The molecule has 0 fully saturated rings. The molecule has 0 atom stereocenters. The molecular weight excluding hydrogens is 190 g/mol. The van der Waals surface area contributed by atoms with Crippen LogP contribution in [-0.2, 0) is 11.3 Å². The molecule has 1 rings (SSSR count). The Morgan fingerprint density at radius 2 is 2.46 bits per heavy atom. The van der Waals surface area contributed by atoms with Gasteiger partial charge in [-0.3, -0.25) is 14.6 Å². The Morgan fingerprint density at radius 3 is 3.00 bits per heavy atom. The van der Waals surface area contributed by atoms with E-state index in [1.165, 1.54) is 23.9 Å². The molecule has 1 aromatic heterocycles. The summed E-state index contributed by atoms with van der Waals surface area (Å²) in [7, 11) is 1.54. The van der Waals surface area contributed by atoms with Crippen LogP contribution in [0.5, 0.6) is 0 Å². The molecule has 5 nitrogen and oxygen atoms in total. The first-order valence-electron chi connectivity index (χ1n) is 3.64. The normalized spacial score (nSPS) is 9.62. The number of nitrogens with zero attached hydrogens (tertiary/aromatic N) is 1. The summed E-state index contributed by atoms with van der Waals surface area (Å²) in [6.07, 6.45) is 1.48. The predicted molar refractivity (Wildman–Crippen MR) is 50.0 cm³/mol. The largest absolute Gasteiger partial charge is 0.358 e. The molecule has 0 saturated heterocycles. The SMILES string of the molecule is CNC(=O)Cn1ccc(=O)[nH]c1=S. The van der Waals surface area contributed by atoms with Crippen LogP contribution in [-0.4, -0.2) is 22.5 Å². The van der Waals surface area contributed by atoms with Crippen LogP contribution in [0, 0.1) is 4.77 Å². The molecule has 0 saturated carbocycles. The van der Waals surface area contributed by atoms with Crippen molar-refractivity contribution < 1.29 is 4.79 Å². The fourth-order valence-electron chi connectivity index (χ4n) is 0.803. The molecule has 0 aromatic carbocycles. The van der Waals surface area contributed by atoms with Gasteiger partial charge in [-0.05, 0) is 12.2 Å². The van der Waals surface area contributed by atoms with Gasteiger partial charge in [0.15, 0.2) is 4.77 Å². The number of carbonyl (C=O) groups is 1. The summed E-state index contributed by atoms with van der Waals surface area (Å²) in [6.45, 7) is 0.117. The number of hydrogen-bond donors (Lipinski definition) is 2. The van der Waals surface area contributed by atoms with E-state index < -0.39 is 0 Å². The Morgan fingerprint density at radius 1 is 1.77 bits per heavy atom. The van der Waals surface area contributed by atoms with Crippen molar-refractivity contribution in [2.45, 2.75) is 6.54 Å². The first-order chi connectivity index (χ1) is 6.13. The average molecular weight is 199 g/mol. The highest BCUT2D eigenvalue weighted by Crippen LogP contribution is 1.85. The van der Waals surface area contributed by atoms with Crippen molar-refractivity contribution in [3.63, 3.8) is 0 Å². The molecule has 0 aliphatic carbocycles. The van der Waals surface area contributed by atoms with Crippen LogP contribution in [0.2, 0.25) is 0 Å². The minimum Gasteiger partial charge on any atom is -0.358 e. The lowest BCUT2D eigenvalue weighted by molar-refractivity contribution is -0.121. The summed E-state index contributed by atoms with van der Waals surface area (Å²) in [4.78, 5) is 24.1. The molecule has 13 heavy (non-hydrogen) atoms. The van der Waals surface area contributed by atoms with Crippen molar-refractivity contribution in [1.29, 1.82) is 0 Å². The van der Waals surface area contributed by atoms with Gasteiger partial charge in [0.2, 0.25) is 5.91 Å². The maximum atomic E-state index is 10.9. The lowest BCUT2D eigenvalue weighted by Gasteiger charge is -2.03. The molecule has 0 radical (unpaired) electrons. The summed E-state index contributed by atoms with van der Waals surface area (Å²) < 4.78 is 1.73. The smallest absolute Gasteiger partial charge is 0.251 e. The van der Waals surface area contributed by atoms with Crippen molar-refractivity contribution in [2.75, 3.05) is 7.05 Å². The maximum absolute atomic E-state index is 10.9. The number of likely N-dealkylation sites (N-methyl/N-ethyl adjacent to an activating group) is 1. The summed E-state index contributed by atoms with van der Waals surface area (Å²) in [5.41, 5.74) is -0.266. The molecule has 70 valence electrons. The van der Waals surface area contributed by atoms with E-state index >= 15 is 0 Å². The lowest BCUT2D eigenvalue weighted by atomic mass is 10.5. The van der Waals surface area contributed by atoms with Crippen molar-refractivity contribution >= 4 is 18.1 Å². The molecular formula is C7H9N3O2S. The molecule has 1 amide bonds. The van der Waals surface area contributed by atoms with E-state index in [1.54, 1.807) is 0 Å². The number of aromatic amines is 1. The number of rotatable bonds is 2. The zero-order valence-corrected chi connectivity index (χ0v) is 7.85. The van der Waals surface area contributed by atoms with Crippen LogP contribution >= 0.6 is 12.2 Å². The third kappa shape index (κ3) is 2.51. The third-order valence-corrected chi connectivity index (χ3v) is 1.83. The lowest BCUT2D eigenvalue weighted by Crippen LogP contribution is -2.25. The average Bonchev–Trinajstić information content (AvgIpc) is 2.09. The van der Waals surface area contributed by atoms with E-state index in [4.69, 9.17) is 12.2 Å². The quantitative estimate of drug-likeness (QED) is 0.640. The van der Waals surface area contributed by atoms with Crippen LogP contribution in [0.25, 0.3) is 0 Å².